The van der Waals surface area contributed by atoms with E-state index in [1.54, 1.807) is 0 Å². The minimum Gasteiger partial charge on any atom is -0.0949 e. The van der Waals surface area contributed by atoms with Crippen molar-refractivity contribution in [2.45, 2.75) is 0 Å². The first-order valence-corrected chi connectivity index (χ1v) is 1.53. The van der Waals surface area contributed by atoms with Gasteiger partial charge < -0.3 is 0 Å². The molecule has 0 unspecified atom stereocenters. The second kappa shape index (κ2) is 0.510. The van der Waals surface area contributed by atoms with Gasteiger partial charge >= 0.3 is 0 Å². The van der Waals surface area contributed by atoms with Gasteiger partial charge in [0.2, 0.25) is 0 Å². The molecule has 1 aliphatic rings. The van der Waals surface area contributed by atoms with Crippen molar-refractivity contribution >= 4 is 0 Å². The minimum atomic E-state index is 1.10. The molecule has 1 aliphatic carbocycles. The van der Waals surface area contributed by atoms with E-state index >= 15 is 0 Å². The summed E-state index contributed by atoms with van der Waals surface area (Å²) in [7, 11) is 0. The van der Waals surface area contributed by atoms with E-state index in [0.717, 1.165) is 11.1 Å². The summed E-state index contributed by atoms with van der Waals surface area (Å²) in [6.07, 6.45) is 1.94. The minimum absolute atomic E-state index is 1.10. The van der Waals surface area contributed by atoms with Gasteiger partial charge in [0.25, 0.3) is 0 Å². The van der Waals surface area contributed by atoms with Crippen LogP contribution in [0.25, 0.3) is 0 Å². The summed E-state index contributed by atoms with van der Waals surface area (Å²) < 4.78 is 0. The Morgan fingerprint density at radius 2 is 1.40 bits per heavy atom. The van der Waals surface area contributed by atoms with Crippen LogP contribution in [-0.4, -0.2) is 0 Å². The molecule has 0 aromatic rings. The quantitative estimate of drug-likeness (QED) is 0.399. The maximum Gasteiger partial charge on any atom is 0.0192 e. The predicted molar refractivity (Wildman–Crippen MR) is 22.6 cm³/mol. The average Bonchev–Trinajstić information content (AvgIpc) is 1.79. The first-order valence-electron chi connectivity index (χ1n) is 1.53. The van der Waals surface area contributed by atoms with Crippen molar-refractivity contribution in [2.75, 3.05) is 0 Å². The lowest BCUT2D eigenvalue weighted by atomic mass is 10.6. The van der Waals surface area contributed by atoms with Gasteiger partial charge in [-0.3, -0.25) is 0 Å². The van der Waals surface area contributed by atoms with E-state index in [1.165, 1.54) is 0 Å². The van der Waals surface area contributed by atoms with E-state index in [2.05, 4.69) is 13.2 Å². The molecular formula is C5H5. The van der Waals surface area contributed by atoms with Crippen LogP contribution in [0, 0.1) is 6.42 Å². The fourth-order valence-electron chi connectivity index (χ4n) is 0.174. The van der Waals surface area contributed by atoms with Crippen LogP contribution in [0.1, 0.15) is 0 Å². The third kappa shape index (κ3) is 0.254. The molecule has 1 fully saturated rings. The second-order valence-corrected chi connectivity index (χ2v) is 1.19. The lowest BCUT2D eigenvalue weighted by Crippen LogP contribution is -1.21. The fourth-order valence-corrected chi connectivity index (χ4v) is 0.174. The predicted octanol–water partition coefficient (Wildman–Crippen LogP) is 1.32. The zero-order chi connectivity index (χ0) is 3.86. The Kier molecular flexibility index (Phi) is 0.276. The summed E-state index contributed by atoms with van der Waals surface area (Å²) in [4.78, 5) is 0. The summed E-state index contributed by atoms with van der Waals surface area (Å²) in [5.41, 5.74) is 2.20. The van der Waals surface area contributed by atoms with Crippen molar-refractivity contribution in [3.05, 3.63) is 30.7 Å². The topological polar surface area (TPSA) is 0 Å². The molecule has 0 aromatic carbocycles. The highest BCUT2D eigenvalue weighted by Crippen LogP contribution is 2.29. The Morgan fingerprint density at radius 1 is 1.20 bits per heavy atom. The third-order valence-corrected chi connectivity index (χ3v) is 0.678. The van der Waals surface area contributed by atoms with E-state index in [9.17, 15) is 0 Å². The summed E-state index contributed by atoms with van der Waals surface area (Å²) in [6, 6.07) is 0. The van der Waals surface area contributed by atoms with Gasteiger partial charge in [0.15, 0.2) is 0 Å². The summed E-state index contributed by atoms with van der Waals surface area (Å²) in [6.45, 7) is 7.19. The van der Waals surface area contributed by atoms with Gasteiger partial charge in [-0.1, -0.05) is 13.2 Å². The van der Waals surface area contributed by atoms with Crippen LogP contribution >= 0.6 is 0 Å². The van der Waals surface area contributed by atoms with Gasteiger partial charge in [-0.15, -0.1) is 0 Å². The number of hydrogen-bond acceptors (Lipinski definition) is 0. The van der Waals surface area contributed by atoms with Crippen molar-refractivity contribution in [3.63, 3.8) is 0 Å². The van der Waals surface area contributed by atoms with Crippen LogP contribution in [-0.2, 0) is 0 Å². The number of hydrogen-bond donors (Lipinski definition) is 0. The van der Waals surface area contributed by atoms with Crippen molar-refractivity contribution in [2.24, 2.45) is 0 Å². The van der Waals surface area contributed by atoms with Crippen molar-refractivity contribution in [1.29, 1.82) is 0 Å². The van der Waals surface area contributed by atoms with Gasteiger partial charge in [0.1, 0.15) is 0 Å². The molecule has 25 valence electrons. The summed E-state index contributed by atoms with van der Waals surface area (Å²) >= 11 is 0. The monoisotopic (exact) mass is 65.0 g/mol. The Balaban J connectivity index is 2.81. The Labute approximate surface area is 31.8 Å². The highest BCUT2D eigenvalue weighted by atomic mass is 14.2. The summed E-state index contributed by atoms with van der Waals surface area (Å²) in [5, 5.41) is 0. The van der Waals surface area contributed by atoms with Gasteiger partial charge in [0.05, 0.1) is 0 Å². The summed E-state index contributed by atoms with van der Waals surface area (Å²) in [5.74, 6) is 0. The molecule has 0 nitrogen and oxygen atoms in total. The maximum atomic E-state index is 3.59. The largest absolute Gasteiger partial charge is 0.0949 e. The van der Waals surface area contributed by atoms with E-state index in [0.29, 0.717) is 0 Å². The Bertz CT molecular complexity index is 76.2. The van der Waals surface area contributed by atoms with Crippen LogP contribution in [0.5, 0.6) is 0 Å². The molecule has 0 heteroatoms. The molecule has 0 heterocycles. The first kappa shape index (κ1) is 2.70. The van der Waals surface area contributed by atoms with E-state index in [4.69, 9.17) is 0 Å². The van der Waals surface area contributed by atoms with Crippen LogP contribution in [0.4, 0.5) is 0 Å². The lowest BCUT2D eigenvalue weighted by Gasteiger charge is -1.42. The zero-order valence-corrected chi connectivity index (χ0v) is 2.99. The Hall–Kier alpha value is -0.520. The first-order chi connectivity index (χ1) is 2.30. The number of rotatable bonds is 0. The van der Waals surface area contributed by atoms with Crippen molar-refractivity contribution in [3.8, 4) is 0 Å². The van der Waals surface area contributed by atoms with Gasteiger partial charge in [-0.25, -0.2) is 0 Å². The molecule has 1 radical (unpaired) electrons. The van der Waals surface area contributed by atoms with Crippen molar-refractivity contribution in [1.82, 2.24) is 0 Å². The molecule has 0 spiro atoms. The Morgan fingerprint density at radius 3 is 1.40 bits per heavy atom. The van der Waals surface area contributed by atoms with Crippen LogP contribution < -0.4 is 0 Å². The maximum absolute atomic E-state index is 3.59. The van der Waals surface area contributed by atoms with E-state index < -0.39 is 0 Å². The molecule has 1 rings (SSSR count). The van der Waals surface area contributed by atoms with Gasteiger partial charge in [-0.2, -0.15) is 0 Å². The molecule has 0 aromatic heterocycles. The van der Waals surface area contributed by atoms with Crippen LogP contribution in [0.3, 0.4) is 0 Å². The second-order valence-electron chi connectivity index (χ2n) is 1.19. The van der Waals surface area contributed by atoms with Crippen LogP contribution in [0.2, 0.25) is 0 Å². The SMILES string of the molecule is C=C1[CH]C1=C. The molecule has 5 heavy (non-hydrogen) atoms. The van der Waals surface area contributed by atoms with Gasteiger partial charge in [0, 0.05) is 6.42 Å². The highest BCUT2D eigenvalue weighted by molar-refractivity contribution is 5.60. The standard InChI is InChI=1S/C5H5/c1-4-3-5(4)2/h3H,1-2H2. The molecule has 1 saturated carbocycles. The smallest absolute Gasteiger partial charge is 0.0192 e. The third-order valence-electron chi connectivity index (χ3n) is 0.678. The average molecular weight is 65.1 g/mol. The molecular weight excluding hydrogens is 60.1 g/mol. The van der Waals surface area contributed by atoms with Crippen LogP contribution in [0.15, 0.2) is 24.3 Å². The van der Waals surface area contributed by atoms with Gasteiger partial charge in [-0.05, 0) is 11.1 Å². The highest BCUT2D eigenvalue weighted by Gasteiger charge is 2.13. The molecule has 0 bridgehead atoms. The fraction of sp³-hybridized carbons (Fsp3) is 0. The zero-order valence-electron chi connectivity index (χ0n) is 2.99. The van der Waals surface area contributed by atoms with Crippen molar-refractivity contribution < 1.29 is 0 Å². The van der Waals surface area contributed by atoms with E-state index in [-0.39, 0.29) is 0 Å². The number of allylic oxidation sites excluding steroid dienone is 2. The lowest BCUT2D eigenvalue weighted by molar-refractivity contribution is 2.15. The molecule has 0 aliphatic heterocycles. The molecule has 0 amide bonds. The molecule has 0 atom stereocenters. The van der Waals surface area contributed by atoms with E-state index in [1.807, 2.05) is 6.42 Å². The normalized spacial score (nSPS) is 20.0. The molecule has 0 N–H and O–H groups in total. The molecule has 0 saturated heterocycles.